The summed E-state index contributed by atoms with van der Waals surface area (Å²) in [6.45, 7) is 1.67. The van der Waals surface area contributed by atoms with Gasteiger partial charge in [0.1, 0.15) is 10.6 Å². The van der Waals surface area contributed by atoms with Gasteiger partial charge in [-0.15, -0.1) is 11.3 Å². The van der Waals surface area contributed by atoms with E-state index in [9.17, 15) is 18.0 Å². The molecule has 0 spiro atoms. The summed E-state index contributed by atoms with van der Waals surface area (Å²) >= 11 is 1.31. The topological polar surface area (TPSA) is 116 Å². The Balaban J connectivity index is 1.69. The van der Waals surface area contributed by atoms with Gasteiger partial charge in [0.25, 0.3) is 5.91 Å². The highest BCUT2D eigenvalue weighted by Crippen LogP contribution is 2.46. The molecule has 2 amide bonds. The third-order valence-corrected chi connectivity index (χ3v) is 8.08. The van der Waals surface area contributed by atoms with Crippen LogP contribution >= 0.6 is 11.3 Å². The lowest BCUT2D eigenvalue weighted by molar-refractivity contribution is -0.120. The van der Waals surface area contributed by atoms with Gasteiger partial charge in [-0.05, 0) is 36.8 Å². The summed E-state index contributed by atoms with van der Waals surface area (Å²) in [5.41, 5.74) is 7.25. The quantitative estimate of drug-likeness (QED) is 0.591. The van der Waals surface area contributed by atoms with Gasteiger partial charge in [-0.3, -0.25) is 9.59 Å². The Bertz CT molecular complexity index is 1250. The van der Waals surface area contributed by atoms with Gasteiger partial charge in [0, 0.05) is 22.6 Å². The van der Waals surface area contributed by atoms with Crippen molar-refractivity contribution >= 4 is 38.7 Å². The molecule has 31 heavy (non-hydrogen) atoms. The zero-order valence-electron chi connectivity index (χ0n) is 16.6. The Morgan fingerprint density at radius 2 is 1.84 bits per heavy atom. The Labute approximate surface area is 183 Å². The van der Waals surface area contributed by atoms with Crippen LogP contribution in [0.1, 0.15) is 28.3 Å². The molecule has 3 aromatic rings. The second-order valence-corrected chi connectivity index (χ2v) is 10.1. The summed E-state index contributed by atoms with van der Waals surface area (Å²) in [5, 5.41) is 4.34. The molecule has 9 heteroatoms. The lowest BCUT2D eigenvalue weighted by Gasteiger charge is -2.24. The first-order chi connectivity index (χ1) is 14.8. The van der Waals surface area contributed by atoms with Crippen molar-refractivity contribution in [2.24, 2.45) is 5.73 Å². The van der Waals surface area contributed by atoms with E-state index in [0.717, 1.165) is 16.0 Å². The number of fused-ring (bicyclic) bond motifs is 1. The van der Waals surface area contributed by atoms with Gasteiger partial charge in [0.2, 0.25) is 15.7 Å². The molecule has 0 saturated heterocycles. The van der Waals surface area contributed by atoms with Crippen LogP contribution in [0.15, 0.2) is 63.7 Å². The molecule has 7 nitrogen and oxygen atoms in total. The maximum atomic E-state index is 13.2. The first-order valence-electron chi connectivity index (χ1n) is 9.50. The van der Waals surface area contributed by atoms with Crippen molar-refractivity contribution in [1.82, 2.24) is 0 Å². The van der Waals surface area contributed by atoms with E-state index in [-0.39, 0.29) is 34.6 Å². The smallest absolute Gasteiger partial charge is 0.255 e. The van der Waals surface area contributed by atoms with Gasteiger partial charge in [0.15, 0.2) is 6.61 Å². The number of hydrogen-bond donors (Lipinski definition) is 2. The van der Waals surface area contributed by atoms with Crippen LogP contribution in [-0.4, -0.2) is 26.8 Å². The monoisotopic (exact) mass is 456 g/mol. The van der Waals surface area contributed by atoms with Crippen molar-refractivity contribution in [3.8, 4) is 5.75 Å². The summed E-state index contributed by atoms with van der Waals surface area (Å²) in [6.07, 6.45) is 0.207. The number of aryl methyl sites for hydroxylation is 1. The zero-order chi connectivity index (χ0) is 22.2. The molecule has 3 N–H and O–H groups in total. The average Bonchev–Trinajstić information content (AvgIpc) is 3.17. The summed E-state index contributed by atoms with van der Waals surface area (Å²) < 4.78 is 31.7. The Kier molecular flexibility index (Phi) is 5.55. The minimum Gasteiger partial charge on any atom is -0.484 e. The van der Waals surface area contributed by atoms with Crippen molar-refractivity contribution < 1.29 is 22.7 Å². The fourth-order valence-electron chi connectivity index (χ4n) is 3.47. The van der Waals surface area contributed by atoms with Gasteiger partial charge in [-0.1, -0.05) is 29.8 Å². The molecule has 0 radical (unpaired) electrons. The molecule has 0 fully saturated rings. The standard InChI is InChI=1S/C22H20N2O5S2/c1-13-2-8-16(9-3-13)31(27,28)18-12-30-22-17(10-20(26)24-21(18)22)14-4-6-15(7-5-14)29-11-19(23)25/h2-9,12,17H,10-11H2,1H3,(H2,23,25)(H,24,26)/t17-/m0/s1. The van der Waals surface area contributed by atoms with Crippen molar-refractivity contribution in [3.05, 3.63) is 69.9 Å². The van der Waals surface area contributed by atoms with E-state index in [0.29, 0.717) is 11.4 Å². The predicted molar refractivity (Wildman–Crippen MR) is 117 cm³/mol. The number of hydrogen-bond acceptors (Lipinski definition) is 6. The second-order valence-electron chi connectivity index (χ2n) is 7.28. The zero-order valence-corrected chi connectivity index (χ0v) is 18.3. The number of carbonyl (C=O) groups excluding carboxylic acids is 2. The molecular formula is C22H20N2O5S2. The minimum atomic E-state index is -3.77. The number of sulfone groups is 1. The molecule has 1 atom stereocenters. The van der Waals surface area contributed by atoms with Crippen LogP contribution in [0.3, 0.4) is 0 Å². The van der Waals surface area contributed by atoms with Gasteiger partial charge in [-0.25, -0.2) is 8.42 Å². The molecule has 0 aliphatic carbocycles. The van der Waals surface area contributed by atoms with Crippen LogP contribution in [0.5, 0.6) is 5.75 Å². The number of benzene rings is 2. The normalized spacial score (nSPS) is 15.8. The number of primary amides is 1. The highest BCUT2D eigenvalue weighted by molar-refractivity contribution is 7.91. The molecule has 0 saturated carbocycles. The number of ether oxygens (including phenoxy) is 1. The van der Waals surface area contributed by atoms with E-state index in [2.05, 4.69) is 5.32 Å². The molecule has 2 heterocycles. The number of nitrogens with one attached hydrogen (secondary N) is 1. The fourth-order valence-corrected chi connectivity index (χ4v) is 6.37. The number of rotatable bonds is 6. The third kappa shape index (κ3) is 4.19. The van der Waals surface area contributed by atoms with Crippen LogP contribution in [0.4, 0.5) is 5.69 Å². The Hall–Kier alpha value is -3.17. The van der Waals surface area contributed by atoms with Crippen molar-refractivity contribution in [2.45, 2.75) is 29.1 Å². The molecule has 2 aromatic carbocycles. The van der Waals surface area contributed by atoms with E-state index in [1.807, 2.05) is 6.92 Å². The minimum absolute atomic E-state index is 0.107. The first-order valence-corrected chi connectivity index (χ1v) is 11.9. The first kappa shape index (κ1) is 21.1. The van der Waals surface area contributed by atoms with E-state index in [4.69, 9.17) is 10.5 Å². The van der Waals surface area contributed by atoms with E-state index >= 15 is 0 Å². The van der Waals surface area contributed by atoms with Gasteiger partial charge in [-0.2, -0.15) is 0 Å². The lowest BCUT2D eigenvalue weighted by Crippen LogP contribution is -2.23. The van der Waals surface area contributed by atoms with Gasteiger partial charge >= 0.3 is 0 Å². The van der Waals surface area contributed by atoms with Crippen molar-refractivity contribution in [1.29, 1.82) is 0 Å². The fraction of sp³-hybridized carbons (Fsp3) is 0.182. The summed E-state index contributed by atoms with van der Waals surface area (Å²) in [5.74, 6) is -0.610. The number of thiophene rings is 1. The predicted octanol–water partition coefficient (Wildman–Crippen LogP) is 3.23. The molecule has 1 aliphatic rings. The molecular weight excluding hydrogens is 436 g/mol. The maximum absolute atomic E-state index is 13.2. The van der Waals surface area contributed by atoms with Gasteiger partial charge < -0.3 is 15.8 Å². The summed E-state index contributed by atoms with van der Waals surface area (Å²) in [6, 6.07) is 13.6. The molecule has 160 valence electrons. The van der Waals surface area contributed by atoms with E-state index in [1.165, 1.54) is 11.3 Å². The second kappa shape index (κ2) is 8.16. The highest BCUT2D eigenvalue weighted by atomic mass is 32.2. The largest absolute Gasteiger partial charge is 0.484 e. The van der Waals surface area contributed by atoms with Crippen LogP contribution in [0.2, 0.25) is 0 Å². The van der Waals surface area contributed by atoms with E-state index in [1.54, 1.807) is 53.9 Å². The Morgan fingerprint density at radius 1 is 1.16 bits per heavy atom. The van der Waals surface area contributed by atoms with Gasteiger partial charge in [0.05, 0.1) is 10.6 Å². The van der Waals surface area contributed by atoms with Crippen LogP contribution < -0.4 is 15.8 Å². The highest BCUT2D eigenvalue weighted by Gasteiger charge is 2.34. The molecule has 1 aliphatic heterocycles. The number of nitrogens with two attached hydrogens (primary N) is 1. The number of carbonyl (C=O) groups is 2. The SMILES string of the molecule is Cc1ccc(S(=O)(=O)c2csc3c2NC(=O)C[C@H]3c2ccc(OCC(N)=O)cc2)cc1. The molecule has 1 aromatic heterocycles. The van der Waals surface area contributed by atoms with Crippen molar-refractivity contribution in [3.63, 3.8) is 0 Å². The summed E-state index contributed by atoms with van der Waals surface area (Å²) in [4.78, 5) is 24.4. The van der Waals surface area contributed by atoms with Crippen LogP contribution in [0.25, 0.3) is 0 Å². The number of anilines is 1. The Morgan fingerprint density at radius 3 is 2.48 bits per heavy atom. The molecule has 0 bridgehead atoms. The summed E-state index contributed by atoms with van der Waals surface area (Å²) in [7, 11) is -3.77. The van der Waals surface area contributed by atoms with Crippen LogP contribution in [-0.2, 0) is 19.4 Å². The number of amides is 2. The lowest BCUT2D eigenvalue weighted by atomic mass is 9.90. The van der Waals surface area contributed by atoms with E-state index < -0.39 is 15.7 Å². The molecule has 0 unspecified atom stereocenters. The van der Waals surface area contributed by atoms with Crippen molar-refractivity contribution in [2.75, 3.05) is 11.9 Å². The maximum Gasteiger partial charge on any atom is 0.255 e. The average molecular weight is 457 g/mol. The molecule has 4 rings (SSSR count). The third-order valence-electron chi connectivity index (χ3n) is 5.04. The van der Waals surface area contributed by atoms with Crippen LogP contribution in [0, 0.1) is 6.92 Å².